The average molecular weight is 142 g/mol. The summed E-state index contributed by atoms with van der Waals surface area (Å²) in [5.74, 6) is 0.870. The van der Waals surface area contributed by atoms with Crippen molar-refractivity contribution in [3.8, 4) is 0 Å². The van der Waals surface area contributed by atoms with Crippen LogP contribution < -0.4 is 5.32 Å². The predicted molar refractivity (Wildman–Crippen MR) is 44.1 cm³/mol. The highest BCUT2D eigenvalue weighted by Crippen LogP contribution is 2.15. The van der Waals surface area contributed by atoms with E-state index in [2.05, 4.69) is 31.2 Å². The Morgan fingerprint density at radius 3 is 2.60 bits per heavy atom. The monoisotopic (exact) mass is 142 g/mol. The first-order chi connectivity index (χ1) is 4.72. The summed E-state index contributed by atoms with van der Waals surface area (Å²) < 4.78 is 0. The molecule has 0 aromatic heterocycles. The molecule has 1 heterocycles. The van der Waals surface area contributed by atoms with Crippen LogP contribution in [0.25, 0.3) is 0 Å². The molecular formula is C8H18N2. The first kappa shape index (κ1) is 8.02. The molecule has 1 aliphatic heterocycles. The normalized spacial score (nSPS) is 29.4. The molecule has 0 spiro atoms. The van der Waals surface area contributed by atoms with Crippen molar-refractivity contribution in [3.05, 3.63) is 0 Å². The lowest BCUT2D eigenvalue weighted by atomic mass is 10.00. The van der Waals surface area contributed by atoms with Crippen molar-refractivity contribution >= 4 is 0 Å². The summed E-state index contributed by atoms with van der Waals surface area (Å²) in [7, 11) is 4.31. The van der Waals surface area contributed by atoms with Crippen LogP contribution in [0.4, 0.5) is 0 Å². The first-order valence-corrected chi connectivity index (χ1v) is 4.09. The summed E-state index contributed by atoms with van der Waals surface area (Å²) in [6.45, 7) is 4.72. The molecule has 1 N–H and O–H groups in total. The van der Waals surface area contributed by atoms with Gasteiger partial charge in [0.15, 0.2) is 0 Å². The van der Waals surface area contributed by atoms with Crippen LogP contribution in [0.15, 0.2) is 0 Å². The third kappa shape index (κ3) is 1.70. The fourth-order valence-corrected chi connectivity index (χ4v) is 1.51. The van der Waals surface area contributed by atoms with Crippen molar-refractivity contribution in [2.45, 2.75) is 19.4 Å². The van der Waals surface area contributed by atoms with E-state index in [1.807, 2.05) is 0 Å². The van der Waals surface area contributed by atoms with Gasteiger partial charge in [-0.05, 0) is 46.4 Å². The van der Waals surface area contributed by atoms with E-state index in [9.17, 15) is 0 Å². The topological polar surface area (TPSA) is 15.3 Å². The Morgan fingerprint density at radius 1 is 1.50 bits per heavy atom. The van der Waals surface area contributed by atoms with Crippen LogP contribution in [0.1, 0.15) is 13.3 Å². The summed E-state index contributed by atoms with van der Waals surface area (Å²) in [6.07, 6.45) is 1.35. The summed E-state index contributed by atoms with van der Waals surface area (Å²) in [6, 6.07) is 0.731. The molecule has 0 aliphatic carbocycles. The van der Waals surface area contributed by atoms with Crippen molar-refractivity contribution in [2.75, 3.05) is 27.2 Å². The minimum Gasteiger partial charge on any atom is -0.316 e. The van der Waals surface area contributed by atoms with E-state index in [0.717, 1.165) is 12.0 Å². The van der Waals surface area contributed by atoms with E-state index in [1.54, 1.807) is 0 Å². The van der Waals surface area contributed by atoms with E-state index in [-0.39, 0.29) is 0 Å². The fourth-order valence-electron chi connectivity index (χ4n) is 1.51. The molecule has 0 unspecified atom stereocenters. The Balaban J connectivity index is 2.32. The van der Waals surface area contributed by atoms with Gasteiger partial charge in [0.1, 0.15) is 0 Å². The molecule has 0 amide bonds. The number of nitrogens with zero attached hydrogens (tertiary/aromatic N) is 1. The maximum Gasteiger partial charge on any atom is 0.0102 e. The minimum absolute atomic E-state index is 0.731. The zero-order chi connectivity index (χ0) is 7.56. The molecule has 0 aromatic carbocycles. The highest BCUT2D eigenvalue weighted by atomic mass is 15.1. The number of rotatable bonds is 2. The minimum atomic E-state index is 0.731. The van der Waals surface area contributed by atoms with Crippen molar-refractivity contribution < 1.29 is 0 Å². The highest BCUT2D eigenvalue weighted by molar-refractivity contribution is 4.79. The molecule has 60 valence electrons. The van der Waals surface area contributed by atoms with Gasteiger partial charge in [-0.1, -0.05) is 0 Å². The van der Waals surface area contributed by atoms with E-state index < -0.39 is 0 Å². The van der Waals surface area contributed by atoms with E-state index >= 15 is 0 Å². The number of hydrogen-bond acceptors (Lipinski definition) is 2. The molecule has 1 fully saturated rings. The lowest BCUT2D eigenvalue weighted by molar-refractivity contribution is 0.238. The highest BCUT2D eigenvalue weighted by Gasteiger charge is 2.21. The van der Waals surface area contributed by atoms with Crippen molar-refractivity contribution in [1.82, 2.24) is 10.2 Å². The van der Waals surface area contributed by atoms with Gasteiger partial charge in [0.25, 0.3) is 0 Å². The van der Waals surface area contributed by atoms with Crippen LogP contribution in [0.2, 0.25) is 0 Å². The second-order valence-electron chi connectivity index (χ2n) is 3.46. The lowest BCUT2D eigenvalue weighted by Crippen LogP contribution is -2.33. The Bertz CT molecular complexity index is 95.4. The van der Waals surface area contributed by atoms with Gasteiger partial charge < -0.3 is 10.2 Å². The van der Waals surface area contributed by atoms with Gasteiger partial charge in [0.05, 0.1) is 0 Å². The van der Waals surface area contributed by atoms with Gasteiger partial charge in [0, 0.05) is 6.04 Å². The number of hydrogen-bond donors (Lipinski definition) is 1. The van der Waals surface area contributed by atoms with E-state index in [0.29, 0.717) is 0 Å². The standard InChI is InChI=1S/C8H18N2/c1-7(10(2)3)8-4-5-9-6-8/h7-9H,4-6H2,1-3H3/t7-,8-/m1/s1. The van der Waals surface area contributed by atoms with Gasteiger partial charge >= 0.3 is 0 Å². The maximum atomic E-state index is 3.38. The van der Waals surface area contributed by atoms with E-state index in [1.165, 1.54) is 19.5 Å². The number of nitrogens with one attached hydrogen (secondary N) is 1. The summed E-state index contributed by atoms with van der Waals surface area (Å²) >= 11 is 0. The van der Waals surface area contributed by atoms with Gasteiger partial charge in [-0.2, -0.15) is 0 Å². The third-order valence-electron chi connectivity index (χ3n) is 2.60. The SMILES string of the molecule is C[C@H]([C@@H]1CCNC1)N(C)C. The van der Waals surface area contributed by atoms with E-state index in [4.69, 9.17) is 0 Å². The maximum absolute atomic E-state index is 3.38. The Labute approximate surface area is 63.6 Å². The van der Waals surface area contributed by atoms with Gasteiger partial charge in [-0.25, -0.2) is 0 Å². The zero-order valence-electron chi connectivity index (χ0n) is 7.22. The molecule has 1 saturated heterocycles. The largest absolute Gasteiger partial charge is 0.316 e. The third-order valence-corrected chi connectivity index (χ3v) is 2.60. The second-order valence-corrected chi connectivity index (χ2v) is 3.46. The summed E-state index contributed by atoms with van der Waals surface area (Å²) in [5, 5.41) is 3.38. The van der Waals surface area contributed by atoms with Gasteiger partial charge in [-0.15, -0.1) is 0 Å². The van der Waals surface area contributed by atoms with Crippen LogP contribution >= 0.6 is 0 Å². The molecule has 2 heteroatoms. The lowest BCUT2D eigenvalue weighted by Gasteiger charge is -2.25. The quantitative estimate of drug-likeness (QED) is 0.605. The first-order valence-electron chi connectivity index (χ1n) is 4.09. The Hall–Kier alpha value is -0.0800. The van der Waals surface area contributed by atoms with Crippen LogP contribution in [-0.4, -0.2) is 38.1 Å². The predicted octanol–water partition coefficient (Wildman–Crippen LogP) is 0.546. The van der Waals surface area contributed by atoms with Crippen LogP contribution in [0.5, 0.6) is 0 Å². The molecular weight excluding hydrogens is 124 g/mol. The molecule has 0 aromatic rings. The fraction of sp³-hybridized carbons (Fsp3) is 1.00. The van der Waals surface area contributed by atoms with Crippen LogP contribution in [0.3, 0.4) is 0 Å². The molecule has 0 radical (unpaired) electrons. The Morgan fingerprint density at radius 2 is 2.20 bits per heavy atom. The average Bonchev–Trinajstić information content (AvgIpc) is 2.36. The summed E-state index contributed by atoms with van der Waals surface area (Å²) in [4.78, 5) is 2.30. The molecule has 2 atom stereocenters. The molecule has 1 rings (SSSR count). The molecule has 1 aliphatic rings. The Kier molecular flexibility index (Phi) is 2.69. The molecule has 0 saturated carbocycles. The van der Waals surface area contributed by atoms with Crippen molar-refractivity contribution in [2.24, 2.45) is 5.92 Å². The van der Waals surface area contributed by atoms with Crippen molar-refractivity contribution in [3.63, 3.8) is 0 Å². The molecule has 0 bridgehead atoms. The van der Waals surface area contributed by atoms with Gasteiger partial charge in [-0.3, -0.25) is 0 Å². The van der Waals surface area contributed by atoms with Crippen LogP contribution in [0, 0.1) is 5.92 Å². The second kappa shape index (κ2) is 3.35. The molecule has 10 heavy (non-hydrogen) atoms. The molecule has 2 nitrogen and oxygen atoms in total. The summed E-state index contributed by atoms with van der Waals surface area (Å²) in [5.41, 5.74) is 0. The van der Waals surface area contributed by atoms with Gasteiger partial charge in [0.2, 0.25) is 0 Å². The smallest absolute Gasteiger partial charge is 0.0102 e. The van der Waals surface area contributed by atoms with Crippen molar-refractivity contribution in [1.29, 1.82) is 0 Å². The zero-order valence-corrected chi connectivity index (χ0v) is 7.22. The van der Waals surface area contributed by atoms with Crippen LogP contribution in [-0.2, 0) is 0 Å².